The molecule has 3 N–H and O–H groups in total. The fourth-order valence-electron chi connectivity index (χ4n) is 1.79. The van der Waals surface area contributed by atoms with Gasteiger partial charge in [0, 0.05) is 28.6 Å². The van der Waals surface area contributed by atoms with Crippen molar-refractivity contribution in [1.29, 1.82) is 0 Å². The Morgan fingerprint density at radius 2 is 2.13 bits per heavy atom. The third-order valence-corrected chi connectivity index (χ3v) is 6.01. The lowest BCUT2D eigenvalue weighted by atomic mass is 10.1. The zero-order chi connectivity index (χ0) is 11.1. The summed E-state index contributed by atoms with van der Waals surface area (Å²) in [4.78, 5) is 0. The molecule has 5 heteroatoms. The van der Waals surface area contributed by atoms with Crippen LogP contribution in [0.15, 0.2) is 0 Å². The molecule has 3 atom stereocenters. The zero-order valence-electron chi connectivity index (χ0n) is 9.57. The third kappa shape index (κ3) is 4.15. The van der Waals surface area contributed by atoms with E-state index in [1.54, 1.807) is 0 Å². The summed E-state index contributed by atoms with van der Waals surface area (Å²) < 4.78 is 5.47. The molecule has 3 nitrogen and oxygen atoms in total. The molecule has 0 amide bonds. The predicted molar refractivity (Wildman–Crippen MR) is 70.4 cm³/mol. The summed E-state index contributed by atoms with van der Waals surface area (Å²) in [5, 5.41) is 1.30. The van der Waals surface area contributed by atoms with E-state index in [2.05, 4.69) is 24.1 Å². The van der Waals surface area contributed by atoms with Gasteiger partial charge >= 0.3 is 0 Å². The predicted octanol–water partition coefficient (Wildman–Crippen LogP) is 1.48. The second-order valence-electron chi connectivity index (χ2n) is 3.59. The molecule has 1 heterocycles. The van der Waals surface area contributed by atoms with Crippen LogP contribution in [-0.2, 0) is 4.74 Å². The van der Waals surface area contributed by atoms with Crippen molar-refractivity contribution in [2.45, 2.75) is 36.8 Å². The second-order valence-corrected chi connectivity index (χ2v) is 6.22. The number of nitrogens with one attached hydrogen (secondary N) is 1. The summed E-state index contributed by atoms with van der Waals surface area (Å²) in [5.74, 6) is 8.11. The minimum Gasteiger partial charge on any atom is -0.380 e. The third-order valence-electron chi connectivity index (χ3n) is 2.61. The molecule has 0 saturated carbocycles. The van der Waals surface area contributed by atoms with Gasteiger partial charge in [-0.25, -0.2) is 0 Å². The van der Waals surface area contributed by atoms with Crippen molar-refractivity contribution in [2.75, 3.05) is 24.7 Å². The van der Waals surface area contributed by atoms with Crippen LogP contribution in [0.1, 0.15) is 20.3 Å². The quantitative estimate of drug-likeness (QED) is 0.552. The van der Waals surface area contributed by atoms with E-state index >= 15 is 0 Å². The number of hydrazine groups is 1. The molecular weight excluding hydrogens is 228 g/mol. The highest BCUT2D eigenvalue weighted by atomic mass is 32.2. The zero-order valence-corrected chi connectivity index (χ0v) is 11.2. The van der Waals surface area contributed by atoms with Crippen LogP contribution in [0.5, 0.6) is 0 Å². The molecular formula is C10H22N2OS2. The van der Waals surface area contributed by atoms with Crippen molar-refractivity contribution in [1.82, 2.24) is 5.43 Å². The molecule has 1 saturated heterocycles. The van der Waals surface area contributed by atoms with Crippen LogP contribution in [0.2, 0.25) is 0 Å². The van der Waals surface area contributed by atoms with Crippen LogP contribution in [-0.4, -0.2) is 41.3 Å². The second kappa shape index (κ2) is 7.79. The van der Waals surface area contributed by atoms with Gasteiger partial charge < -0.3 is 4.74 Å². The molecule has 1 aliphatic rings. The normalized spacial score (nSPS) is 29.0. The number of thioether (sulfide) groups is 2. The van der Waals surface area contributed by atoms with E-state index in [9.17, 15) is 0 Å². The maximum atomic E-state index is 5.61. The van der Waals surface area contributed by atoms with Crippen molar-refractivity contribution >= 4 is 23.5 Å². The monoisotopic (exact) mass is 250 g/mol. The minimum absolute atomic E-state index is 0.285. The number of nitrogens with two attached hydrogens (primary N) is 1. The first-order chi connectivity index (χ1) is 7.33. The van der Waals surface area contributed by atoms with Gasteiger partial charge in [0.05, 0.1) is 12.6 Å². The fourth-order valence-corrected chi connectivity index (χ4v) is 5.02. The van der Waals surface area contributed by atoms with Crippen molar-refractivity contribution in [3.05, 3.63) is 0 Å². The summed E-state index contributed by atoms with van der Waals surface area (Å²) in [5.41, 5.74) is 2.91. The van der Waals surface area contributed by atoms with E-state index in [1.807, 2.05) is 18.7 Å². The van der Waals surface area contributed by atoms with Gasteiger partial charge in [0.2, 0.25) is 0 Å². The lowest BCUT2D eigenvalue weighted by molar-refractivity contribution is 0.121. The Bertz CT molecular complexity index is 172. The Morgan fingerprint density at radius 3 is 2.73 bits per heavy atom. The van der Waals surface area contributed by atoms with Gasteiger partial charge in [-0.1, -0.05) is 6.92 Å². The highest BCUT2D eigenvalue weighted by molar-refractivity contribution is 8.07. The van der Waals surface area contributed by atoms with Gasteiger partial charge in [-0.05, 0) is 13.3 Å². The largest absolute Gasteiger partial charge is 0.380 e. The molecule has 0 aromatic heterocycles. The van der Waals surface area contributed by atoms with Crippen LogP contribution in [0.4, 0.5) is 0 Å². The molecule has 0 radical (unpaired) electrons. The lowest BCUT2D eigenvalue weighted by Crippen LogP contribution is -2.50. The molecule has 1 fully saturated rings. The minimum atomic E-state index is 0.285. The summed E-state index contributed by atoms with van der Waals surface area (Å²) >= 11 is 4.11. The van der Waals surface area contributed by atoms with Gasteiger partial charge in [-0.2, -0.15) is 23.5 Å². The van der Waals surface area contributed by atoms with Crippen molar-refractivity contribution < 1.29 is 4.74 Å². The summed E-state index contributed by atoms with van der Waals surface area (Å²) in [7, 11) is 0. The highest BCUT2D eigenvalue weighted by Gasteiger charge is 2.31. The molecule has 0 aromatic rings. The molecule has 0 aliphatic carbocycles. The van der Waals surface area contributed by atoms with Gasteiger partial charge in [0.1, 0.15) is 0 Å². The SMILES string of the molecule is CCOCC(NN)C1SCCSC1CC. The average Bonchev–Trinajstić information content (AvgIpc) is 2.30. The highest BCUT2D eigenvalue weighted by Crippen LogP contribution is 2.35. The van der Waals surface area contributed by atoms with E-state index in [1.165, 1.54) is 17.9 Å². The van der Waals surface area contributed by atoms with E-state index < -0.39 is 0 Å². The van der Waals surface area contributed by atoms with Crippen LogP contribution >= 0.6 is 23.5 Å². The molecule has 1 aliphatic heterocycles. The lowest BCUT2D eigenvalue weighted by Gasteiger charge is -2.35. The molecule has 3 unspecified atom stereocenters. The average molecular weight is 250 g/mol. The number of ether oxygens (including phenoxy) is 1. The Morgan fingerprint density at radius 1 is 1.40 bits per heavy atom. The topological polar surface area (TPSA) is 47.3 Å². The molecule has 0 aromatic carbocycles. The molecule has 90 valence electrons. The maximum absolute atomic E-state index is 5.61. The standard InChI is InChI=1S/C10H22N2OS2/c1-3-9-10(15-6-5-14-9)8(12-11)7-13-4-2/h8-10,12H,3-7,11H2,1-2H3. The molecule has 0 spiro atoms. The fraction of sp³-hybridized carbons (Fsp3) is 1.00. The van der Waals surface area contributed by atoms with E-state index in [4.69, 9.17) is 10.6 Å². The van der Waals surface area contributed by atoms with Crippen molar-refractivity contribution in [3.63, 3.8) is 0 Å². The number of rotatable bonds is 6. The van der Waals surface area contributed by atoms with E-state index in [0.717, 1.165) is 13.2 Å². The van der Waals surface area contributed by atoms with Crippen LogP contribution in [0, 0.1) is 0 Å². The smallest absolute Gasteiger partial charge is 0.0644 e. The Hall–Kier alpha value is 0.580. The first kappa shape index (κ1) is 13.6. The van der Waals surface area contributed by atoms with E-state index in [-0.39, 0.29) is 6.04 Å². The summed E-state index contributed by atoms with van der Waals surface area (Å²) in [6, 6.07) is 0.285. The molecule has 0 bridgehead atoms. The van der Waals surface area contributed by atoms with Crippen molar-refractivity contribution in [3.8, 4) is 0 Å². The molecule has 15 heavy (non-hydrogen) atoms. The molecule has 1 rings (SSSR count). The Labute approximate surface area is 101 Å². The first-order valence-corrected chi connectivity index (χ1v) is 7.70. The Kier molecular flexibility index (Phi) is 7.08. The van der Waals surface area contributed by atoms with Gasteiger partial charge in [-0.3, -0.25) is 11.3 Å². The van der Waals surface area contributed by atoms with Gasteiger partial charge in [-0.15, -0.1) is 0 Å². The van der Waals surface area contributed by atoms with Gasteiger partial charge in [0.25, 0.3) is 0 Å². The number of hydrogen-bond acceptors (Lipinski definition) is 5. The first-order valence-electron chi connectivity index (χ1n) is 5.60. The van der Waals surface area contributed by atoms with Crippen LogP contribution < -0.4 is 11.3 Å². The number of hydrogen-bond donors (Lipinski definition) is 2. The van der Waals surface area contributed by atoms with Crippen molar-refractivity contribution in [2.24, 2.45) is 5.84 Å². The van der Waals surface area contributed by atoms with Crippen LogP contribution in [0.25, 0.3) is 0 Å². The Balaban J connectivity index is 2.47. The van der Waals surface area contributed by atoms with E-state index in [0.29, 0.717) is 10.5 Å². The maximum Gasteiger partial charge on any atom is 0.0644 e. The van der Waals surface area contributed by atoms with Gasteiger partial charge in [0.15, 0.2) is 0 Å². The van der Waals surface area contributed by atoms with Crippen LogP contribution in [0.3, 0.4) is 0 Å². The summed E-state index contributed by atoms with van der Waals surface area (Å²) in [6.45, 7) is 5.76. The summed E-state index contributed by atoms with van der Waals surface area (Å²) in [6.07, 6.45) is 1.21.